The van der Waals surface area contributed by atoms with E-state index >= 15 is 0 Å². The number of carboxylic acids is 1. The molecule has 0 fully saturated rings. The van der Waals surface area contributed by atoms with Gasteiger partial charge in [-0.1, -0.05) is 12.0 Å². The Bertz CT molecular complexity index is 762. The van der Waals surface area contributed by atoms with Crippen LogP contribution in [0.3, 0.4) is 0 Å². The minimum absolute atomic E-state index is 0.0714. The zero-order chi connectivity index (χ0) is 14.8. The van der Waals surface area contributed by atoms with E-state index in [1.165, 1.54) is 16.7 Å². The molecule has 3 nitrogen and oxygen atoms in total. The maximum Gasteiger partial charge on any atom is 0.338 e. The maximum absolute atomic E-state index is 11.3. The molecule has 0 saturated heterocycles. The smallest absolute Gasteiger partial charge is 0.338 e. The minimum atomic E-state index is -1.05. The molecule has 0 aliphatic carbocycles. The van der Waals surface area contributed by atoms with Crippen LogP contribution >= 0.6 is 11.8 Å². The fourth-order valence-electron chi connectivity index (χ4n) is 2.52. The van der Waals surface area contributed by atoms with E-state index in [4.69, 9.17) is 6.42 Å². The number of fused-ring (bicyclic) bond motifs is 1. The number of rotatable bonds is 2. The molecule has 4 heteroatoms. The molecule has 0 radical (unpaired) electrons. The summed E-state index contributed by atoms with van der Waals surface area (Å²) in [6, 6.07) is 6.17. The van der Waals surface area contributed by atoms with Crippen LogP contribution in [0.2, 0.25) is 0 Å². The second-order valence-electron chi connectivity index (χ2n) is 4.83. The summed E-state index contributed by atoms with van der Waals surface area (Å²) in [4.78, 5) is 16.6. The Hall–Kier alpha value is -2.25. The largest absolute Gasteiger partial charge is 0.478 e. The number of benzene rings is 1. The molecule has 0 atom stereocenters. The molecule has 1 aliphatic heterocycles. The third kappa shape index (κ3) is 2.53. The van der Waals surface area contributed by atoms with Gasteiger partial charge in [-0.15, -0.1) is 18.2 Å². The predicted molar refractivity (Wildman–Crippen MR) is 83.6 cm³/mol. The van der Waals surface area contributed by atoms with E-state index in [0.29, 0.717) is 11.1 Å². The summed E-state index contributed by atoms with van der Waals surface area (Å²) in [5.74, 6) is 2.60. The molecular weight excluding hydrogens is 282 g/mol. The number of hydrogen-bond acceptors (Lipinski definition) is 3. The highest BCUT2D eigenvalue weighted by Crippen LogP contribution is 2.34. The van der Waals surface area contributed by atoms with Crippen molar-refractivity contribution < 1.29 is 9.90 Å². The van der Waals surface area contributed by atoms with Crippen molar-refractivity contribution in [2.75, 3.05) is 5.75 Å². The molecule has 2 aromatic rings. The summed E-state index contributed by atoms with van der Waals surface area (Å²) in [6.07, 6.45) is 10.7. The Morgan fingerprint density at radius 2 is 2.24 bits per heavy atom. The van der Waals surface area contributed by atoms with Gasteiger partial charge in [-0.25, -0.2) is 4.79 Å². The van der Waals surface area contributed by atoms with Crippen molar-refractivity contribution in [1.29, 1.82) is 0 Å². The van der Waals surface area contributed by atoms with E-state index in [1.807, 2.05) is 17.8 Å². The molecule has 3 rings (SSSR count). The molecule has 0 spiro atoms. The molecule has 1 aromatic heterocycles. The van der Waals surface area contributed by atoms with E-state index < -0.39 is 5.97 Å². The van der Waals surface area contributed by atoms with E-state index in [9.17, 15) is 9.90 Å². The Morgan fingerprint density at radius 1 is 1.38 bits per heavy atom. The predicted octanol–water partition coefficient (Wildman–Crippen LogP) is 3.47. The number of carboxylic acid groups (broad SMARTS) is 1. The van der Waals surface area contributed by atoms with Gasteiger partial charge in [0.25, 0.3) is 0 Å². The molecule has 1 aromatic carbocycles. The van der Waals surface area contributed by atoms with Crippen molar-refractivity contribution in [2.45, 2.75) is 17.7 Å². The summed E-state index contributed by atoms with van der Waals surface area (Å²) in [6.45, 7) is 0. The molecule has 21 heavy (non-hydrogen) atoms. The highest BCUT2D eigenvalue weighted by molar-refractivity contribution is 7.99. The van der Waals surface area contributed by atoms with Gasteiger partial charge < -0.3 is 5.11 Å². The van der Waals surface area contributed by atoms with E-state index in [-0.39, 0.29) is 5.56 Å². The zero-order valence-electron chi connectivity index (χ0n) is 11.3. The van der Waals surface area contributed by atoms with Crippen molar-refractivity contribution in [3.8, 4) is 23.5 Å². The van der Waals surface area contributed by atoms with Crippen molar-refractivity contribution in [2.24, 2.45) is 0 Å². The summed E-state index contributed by atoms with van der Waals surface area (Å²) < 4.78 is 0. The third-order valence-corrected chi connectivity index (χ3v) is 4.74. The highest BCUT2D eigenvalue weighted by atomic mass is 32.2. The summed E-state index contributed by atoms with van der Waals surface area (Å²) in [5, 5.41) is 9.22. The average Bonchev–Trinajstić information content (AvgIpc) is 2.53. The second-order valence-corrected chi connectivity index (χ2v) is 5.97. The quantitative estimate of drug-likeness (QED) is 0.862. The summed E-state index contributed by atoms with van der Waals surface area (Å²) >= 11 is 1.86. The molecule has 0 amide bonds. The molecule has 1 N–H and O–H groups in total. The van der Waals surface area contributed by atoms with Gasteiger partial charge in [0, 0.05) is 28.4 Å². The number of aromatic nitrogens is 1. The van der Waals surface area contributed by atoms with Gasteiger partial charge in [0.1, 0.15) is 0 Å². The van der Waals surface area contributed by atoms with Gasteiger partial charge in [0.15, 0.2) is 0 Å². The number of carbonyl (C=O) groups is 1. The number of aromatic carboxylic acids is 1. The zero-order valence-corrected chi connectivity index (χ0v) is 12.1. The monoisotopic (exact) mass is 295 g/mol. The third-order valence-electron chi connectivity index (χ3n) is 3.54. The lowest BCUT2D eigenvalue weighted by atomic mass is 9.96. The Kier molecular flexibility index (Phi) is 3.68. The number of pyridine rings is 1. The first-order chi connectivity index (χ1) is 10.2. The standard InChI is InChI=1S/C17H13NO2S/c1-2-13-14(9-18-10-15(13)17(19)20)11-5-6-16-12(8-11)4-3-7-21-16/h1,5-6,8-10H,3-4,7H2,(H,19,20). The van der Waals surface area contributed by atoms with Crippen LogP contribution in [0.1, 0.15) is 27.9 Å². The number of nitrogens with zero attached hydrogens (tertiary/aromatic N) is 1. The highest BCUT2D eigenvalue weighted by Gasteiger charge is 2.16. The van der Waals surface area contributed by atoms with Gasteiger partial charge in [-0.3, -0.25) is 4.98 Å². The van der Waals surface area contributed by atoms with Crippen molar-refractivity contribution in [3.05, 3.63) is 47.3 Å². The van der Waals surface area contributed by atoms with Gasteiger partial charge in [0.2, 0.25) is 0 Å². The van der Waals surface area contributed by atoms with E-state index in [1.54, 1.807) is 6.20 Å². The maximum atomic E-state index is 11.3. The van der Waals surface area contributed by atoms with Crippen LogP contribution in [-0.2, 0) is 6.42 Å². The minimum Gasteiger partial charge on any atom is -0.478 e. The van der Waals surface area contributed by atoms with Crippen molar-refractivity contribution in [3.63, 3.8) is 0 Å². The Balaban J connectivity index is 2.15. The molecule has 104 valence electrons. The second kappa shape index (κ2) is 5.63. The average molecular weight is 295 g/mol. The molecule has 2 heterocycles. The molecule has 0 unspecified atom stereocenters. The first-order valence-electron chi connectivity index (χ1n) is 6.64. The lowest BCUT2D eigenvalue weighted by molar-refractivity contribution is 0.0696. The first-order valence-corrected chi connectivity index (χ1v) is 7.63. The van der Waals surface area contributed by atoms with Crippen molar-refractivity contribution in [1.82, 2.24) is 4.98 Å². The number of thioether (sulfide) groups is 1. The van der Waals surface area contributed by atoms with Crippen LogP contribution in [0.5, 0.6) is 0 Å². The fraction of sp³-hybridized carbons (Fsp3) is 0.176. The van der Waals surface area contributed by atoms with Crippen molar-refractivity contribution >= 4 is 17.7 Å². The van der Waals surface area contributed by atoms with Gasteiger partial charge in [0.05, 0.1) is 5.56 Å². The molecular formula is C17H13NO2S. The number of terminal acetylenes is 1. The molecule has 0 bridgehead atoms. The van der Waals surface area contributed by atoms with Crippen LogP contribution in [0, 0.1) is 12.3 Å². The Morgan fingerprint density at radius 3 is 3.00 bits per heavy atom. The number of hydrogen-bond donors (Lipinski definition) is 1. The topological polar surface area (TPSA) is 50.2 Å². The molecule has 0 saturated carbocycles. The van der Waals surface area contributed by atoms with E-state index in [0.717, 1.165) is 24.2 Å². The summed E-state index contributed by atoms with van der Waals surface area (Å²) in [5.41, 5.74) is 3.39. The van der Waals surface area contributed by atoms with Gasteiger partial charge >= 0.3 is 5.97 Å². The van der Waals surface area contributed by atoms with Gasteiger partial charge in [-0.2, -0.15) is 0 Å². The number of aryl methyl sites for hydroxylation is 1. The Labute approximate surface area is 127 Å². The van der Waals surface area contributed by atoms with E-state index in [2.05, 4.69) is 23.0 Å². The molecule has 1 aliphatic rings. The fourth-order valence-corrected chi connectivity index (χ4v) is 3.54. The lowest BCUT2D eigenvalue weighted by Gasteiger charge is -2.16. The van der Waals surface area contributed by atoms with Crippen LogP contribution < -0.4 is 0 Å². The van der Waals surface area contributed by atoms with Crippen LogP contribution in [0.15, 0.2) is 35.5 Å². The van der Waals surface area contributed by atoms with Gasteiger partial charge in [-0.05, 0) is 41.9 Å². The van der Waals surface area contributed by atoms with Crippen LogP contribution in [-0.4, -0.2) is 21.8 Å². The van der Waals surface area contributed by atoms with Crippen LogP contribution in [0.25, 0.3) is 11.1 Å². The SMILES string of the molecule is C#Cc1c(C(=O)O)cncc1-c1ccc2c(c1)CCCS2. The lowest BCUT2D eigenvalue weighted by Crippen LogP contribution is -2.03. The first kappa shape index (κ1) is 13.7. The summed E-state index contributed by atoms with van der Waals surface area (Å²) in [7, 11) is 0. The van der Waals surface area contributed by atoms with Crippen LogP contribution in [0.4, 0.5) is 0 Å². The normalized spacial score (nSPS) is 13.3.